The highest BCUT2D eigenvalue weighted by atomic mass is 19.1. The summed E-state index contributed by atoms with van der Waals surface area (Å²) >= 11 is 0. The molecule has 0 saturated heterocycles. The molecule has 0 bridgehead atoms. The molecule has 1 amide bonds. The highest BCUT2D eigenvalue weighted by molar-refractivity contribution is 5.96. The SMILES string of the molecule is C[C@@H](OC(=O)Cc1ccccc1F)C(=O)Nc1ccccc1C#N. The molecular formula is C18H15FN2O3. The Morgan fingerprint density at radius 3 is 2.58 bits per heavy atom. The zero-order valence-electron chi connectivity index (χ0n) is 13.0. The maximum atomic E-state index is 13.5. The maximum Gasteiger partial charge on any atom is 0.311 e. The fraction of sp³-hybridized carbons (Fsp3) is 0.167. The Balaban J connectivity index is 1.95. The van der Waals surface area contributed by atoms with Crippen LogP contribution in [-0.2, 0) is 20.7 Å². The third-order valence-electron chi connectivity index (χ3n) is 3.28. The number of nitriles is 1. The summed E-state index contributed by atoms with van der Waals surface area (Å²) in [7, 11) is 0. The fourth-order valence-electron chi connectivity index (χ4n) is 2.01. The molecule has 0 radical (unpaired) electrons. The van der Waals surface area contributed by atoms with Crippen LogP contribution in [0.4, 0.5) is 10.1 Å². The minimum Gasteiger partial charge on any atom is -0.452 e. The largest absolute Gasteiger partial charge is 0.452 e. The Kier molecular flexibility index (Phi) is 5.63. The molecule has 2 aromatic carbocycles. The molecule has 0 heterocycles. The molecule has 122 valence electrons. The number of benzene rings is 2. The van der Waals surface area contributed by atoms with Crippen molar-refractivity contribution in [2.24, 2.45) is 0 Å². The van der Waals surface area contributed by atoms with Gasteiger partial charge in [0, 0.05) is 0 Å². The Morgan fingerprint density at radius 1 is 1.21 bits per heavy atom. The van der Waals surface area contributed by atoms with Gasteiger partial charge in [-0.05, 0) is 30.7 Å². The summed E-state index contributed by atoms with van der Waals surface area (Å²) < 4.78 is 18.5. The van der Waals surface area contributed by atoms with Crippen LogP contribution in [0.1, 0.15) is 18.1 Å². The predicted molar refractivity (Wildman–Crippen MR) is 85.4 cm³/mol. The summed E-state index contributed by atoms with van der Waals surface area (Å²) in [5, 5.41) is 11.5. The molecule has 0 aromatic heterocycles. The lowest BCUT2D eigenvalue weighted by Crippen LogP contribution is -2.30. The Morgan fingerprint density at radius 2 is 1.88 bits per heavy atom. The van der Waals surface area contributed by atoms with E-state index in [1.165, 1.54) is 25.1 Å². The van der Waals surface area contributed by atoms with E-state index < -0.39 is 23.8 Å². The molecular weight excluding hydrogens is 311 g/mol. The van der Waals surface area contributed by atoms with E-state index in [1.54, 1.807) is 30.3 Å². The number of nitrogens with zero attached hydrogens (tertiary/aromatic N) is 1. The number of esters is 1. The lowest BCUT2D eigenvalue weighted by Gasteiger charge is -2.14. The topological polar surface area (TPSA) is 79.2 Å². The van der Waals surface area contributed by atoms with Gasteiger partial charge in [0.05, 0.1) is 17.7 Å². The molecule has 6 heteroatoms. The average Bonchev–Trinajstić information content (AvgIpc) is 2.57. The Hall–Kier alpha value is -3.20. The molecule has 2 rings (SSSR count). The molecule has 0 aliphatic rings. The van der Waals surface area contributed by atoms with Crippen molar-refractivity contribution in [1.82, 2.24) is 0 Å². The number of amides is 1. The van der Waals surface area contributed by atoms with Gasteiger partial charge in [-0.15, -0.1) is 0 Å². The number of carbonyl (C=O) groups excluding carboxylic acids is 2. The van der Waals surface area contributed by atoms with Gasteiger partial charge in [-0.25, -0.2) is 4.39 Å². The van der Waals surface area contributed by atoms with Crippen molar-refractivity contribution in [3.63, 3.8) is 0 Å². The number of ether oxygens (including phenoxy) is 1. The lowest BCUT2D eigenvalue weighted by molar-refractivity contribution is -0.152. The van der Waals surface area contributed by atoms with Crippen LogP contribution < -0.4 is 5.32 Å². The van der Waals surface area contributed by atoms with Crippen LogP contribution in [0.5, 0.6) is 0 Å². The molecule has 1 N–H and O–H groups in total. The summed E-state index contributed by atoms with van der Waals surface area (Å²) in [6.45, 7) is 1.41. The molecule has 24 heavy (non-hydrogen) atoms. The van der Waals surface area contributed by atoms with E-state index in [0.29, 0.717) is 11.3 Å². The first-order valence-corrected chi connectivity index (χ1v) is 7.24. The Labute approximate surface area is 138 Å². The van der Waals surface area contributed by atoms with Gasteiger partial charge in [-0.3, -0.25) is 9.59 Å². The highest BCUT2D eigenvalue weighted by Crippen LogP contribution is 2.14. The number of nitrogens with one attached hydrogen (secondary N) is 1. The van der Waals surface area contributed by atoms with Crippen LogP contribution in [0.15, 0.2) is 48.5 Å². The third-order valence-corrected chi connectivity index (χ3v) is 3.28. The van der Waals surface area contributed by atoms with Crippen molar-refractivity contribution in [2.75, 3.05) is 5.32 Å². The number of carbonyl (C=O) groups is 2. The summed E-state index contributed by atoms with van der Waals surface area (Å²) in [5.41, 5.74) is 0.836. The highest BCUT2D eigenvalue weighted by Gasteiger charge is 2.19. The van der Waals surface area contributed by atoms with E-state index in [2.05, 4.69) is 5.32 Å². The van der Waals surface area contributed by atoms with Crippen LogP contribution in [0.25, 0.3) is 0 Å². The quantitative estimate of drug-likeness (QED) is 0.857. The fourth-order valence-corrected chi connectivity index (χ4v) is 2.01. The molecule has 0 aliphatic heterocycles. The number of hydrogen-bond acceptors (Lipinski definition) is 4. The standard InChI is InChI=1S/C18H15FN2O3/c1-12(18(23)21-16-9-5-3-7-14(16)11-20)24-17(22)10-13-6-2-4-8-15(13)19/h2-9,12H,10H2,1H3,(H,21,23)/t12-/m1/s1. The lowest BCUT2D eigenvalue weighted by atomic mass is 10.1. The van der Waals surface area contributed by atoms with Gasteiger partial charge in [0.15, 0.2) is 6.10 Å². The molecule has 0 unspecified atom stereocenters. The molecule has 0 aliphatic carbocycles. The Bertz CT molecular complexity index is 799. The minimum absolute atomic E-state index is 0.199. The van der Waals surface area contributed by atoms with Gasteiger partial charge in [-0.1, -0.05) is 30.3 Å². The van der Waals surface area contributed by atoms with Gasteiger partial charge in [0.1, 0.15) is 11.9 Å². The normalized spacial score (nSPS) is 11.2. The molecule has 0 spiro atoms. The van der Waals surface area contributed by atoms with E-state index in [9.17, 15) is 14.0 Å². The smallest absolute Gasteiger partial charge is 0.311 e. The second kappa shape index (κ2) is 7.88. The molecule has 5 nitrogen and oxygen atoms in total. The number of para-hydroxylation sites is 1. The maximum absolute atomic E-state index is 13.5. The minimum atomic E-state index is -1.07. The number of rotatable bonds is 5. The van der Waals surface area contributed by atoms with Crippen molar-refractivity contribution in [1.29, 1.82) is 5.26 Å². The van der Waals surface area contributed by atoms with Crippen molar-refractivity contribution in [3.05, 3.63) is 65.5 Å². The van der Waals surface area contributed by atoms with Gasteiger partial charge in [0.25, 0.3) is 5.91 Å². The molecule has 0 fully saturated rings. The summed E-state index contributed by atoms with van der Waals surface area (Å²) in [6, 6.07) is 14.3. The van der Waals surface area contributed by atoms with Gasteiger partial charge < -0.3 is 10.1 Å². The summed E-state index contributed by atoms with van der Waals surface area (Å²) in [6.07, 6.45) is -1.34. The van der Waals surface area contributed by atoms with Crippen LogP contribution in [0.3, 0.4) is 0 Å². The first-order chi connectivity index (χ1) is 11.5. The average molecular weight is 326 g/mol. The summed E-state index contributed by atoms with van der Waals surface area (Å²) in [4.78, 5) is 23.9. The molecule has 0 saturated carbocycles. The van der Waals surface area contributed by atoms with Gasteiger partial charge >= 0.3 is 5.97 Å². The van der Waals surface area contributed by atoms with Crippen molar-refractivity contribution in [3.8, 4) is 6.07 Å². The molecule has 1 atom stereocenters. The predicted octanol–water partition coefficient (Wildman–Crippen LogP) is 2.81. The number of halogens is 1. The second-order valence-corrected chi connectivity index (χ2v) is 5.05. The zero-order chi connectivity index (χ0) is 17.5. The summed E-state index contributed by atoms with van der Waals surface area (Å²) in [5.74, 6) is -1.79. The number of hydrogen-bond donors (Lipinski definition) is 1. The number of anilines is 1. The van der Waals surface area contributed by atoms with Gasteiger partial charge in [0.2, 0.25) is 0 Å². The van der Waals surface area contributed by atoms with Crippen molar-refractivity contribution in [2.45, 2.75) is 19.4 Å². The van der Waals surface area contributed by atoms with E-state index in [-0.39, 0.29) is 12.0 Å². The first-order valence-electron chi connectivity index (χ1n) is 7.24. The van der Waals surface area contributed by atoms with Crippen LogP contribution in [-0.4, -0.2) is 18.0 Å². The van der Waals surface area contributed by atoms with E-state index in [4.69, 9.17) is 10.00 Å². The van der Waals surface area contributed by atoms with E-state index in [0.717, 1.165) is 0 Å². The van der Waals surface area contributed by atoms with E-state index in [1.807, 2.05) is 6.07 Å². The third kappa shape index (κ3) is 4.40. The van der Waals surface area contributed by atoms with Crippen molar-refractivity contribution < 1.29 is 18.7 Å². The van der Waals surface area contributed by atoms with Gasteiger partial charge in [-0.2, -0.15) is 5.26 Å². The molecule has 2 aromatic rings. The monoisotopic (exact) mass is 326 g/mol. The van der Waals surface area contributed by atoms with Crippen LogP contribution in [0, 0.1) is 17.1 Å². The van der Waals surface area contributed by atoms with Crippen molar-refractivity contribution >= 4 is 17.6 Å². The zero-order valence-corrected chi connectivity index (χ0v) is 13.0. The van der Waals surface area contributed by atoms with E-state index >= 15 is 0 Å². The first kappa shape index (κ1) is 17.2. The van der Waals surface area contributed by atoms with Crippen LogP contribution in [0.2, 0.25) is 0 Å². The second-order valence-electron chi connectivity index (χ2n) is 5.05. The van der Waals surface area contributed by atoms with Crippen LogP contribution >= 0.6 is 0 Å².